The first-order valence-electron chi connectivity index (χ1n) is 6.06. The van der Waals surface area contributed by atoms with Crippen molar-refractivity contribution in [1.82, 2.24) is 10.2 Å². The SMILES string of the molecule is FC(F)c1cccc(CCN2CCNCC2)c1. The lowest BCUT2D eigenvalue weighted by Gasteiger charge is -2.27. The van der Waals surface area contributed by atoms with Crippen molar-refractivity contribution in [1.29, 1.82) is 0 Å². The van der Waals surface area contributed by atoms with Gasteiger partial charge in [-0.05, 0) is 12.0 Å². The molecule has 2 rings (SSSR count). The number of halogens is 2. The van der Waals surface area contributed by atoms with Gasteiger partial charge < -0.3 is 10.2 Å². The van der Waals surface area contributed by atoms with Crippen LogP contribution in [0.1, 0.15) is 17.6 Å². The standard InChI is InChI=1S/C13H18F2N2/c14-13(15)12-3-1-2-11(10-12)4-7-17-8-5-16-6-9-17/h1-3,10,13,16H,4-9H2. The van der Waals surface area contributed by atoms with Crippen molar-refractivity contribution in [3.8, 4) is 0 Å². The highest BCUT2D eigenvalue weighted by Crippen LogP contribution is 2.19. The molecule has 1 heterocycles. The molecule has 0 spiro atoms. The summed E-state index contributed by atoms with van der Waals surface area (Å²) in [5.74, 6) is 0. The number of hydrogen-bond donors (Lipinski definition) is 1. The lowest BCUT2D eigenvalue weighted by molar-refractivity contribution is 0.151. The Morgan fingerprint density at radius 2 is 2.00 bits per heavy atom. The molecule has 0 unspecified atom stereocenters. The second-order valence-corrected chi connectivity index (χ2v) is 4.39. The van der Waals surface area contributed by atoms with E-state index in [0.29, 0.717) is 0 Å². The molecule has 1 fully saturated rings. The summed E-state index contributed by atoms with van der Waals surface area (Å²) in [7, 11) is 0. The first kappa shape index (κ1) is 12.5. The van der Waals surface area contributed by atoms with E-state index in [1.165, 1.54) is 6.07 Å². The topological polar surface area (TPSA) is 15.3 Å². The molecule has 2 nitrogen and oxygen atoms in total. The quantitative estimate of drug-likeness (QED) is 0.866. The maximum Gasteiger partial charge on any atom is 0.263 e. The molecule has 1 aliphatic rings. The Labute approximate surface area is 101 Å². The monoisotopic (exact) mass is 240 g/mol. The molecule has 0 radical (unpaired) electrons. The minimum Gasteiger partial charge on any atom is -0.314 e. The van der Waals surface area contributed by atoms with E-state index < -0.39 is 6.43 Å². The van der Waals surface area contributed by atoms with Crippen LogP contribution >= 0.6 is 0 Å². The number of piperazine rings is 1. The van der Waals surface area contributed by atoms with E-state index in [9.17, 15) is 8.78 Å². The van der Waals surface area contributed by atoms with Gasteiger partial charge >= 0.3 is 0 Å². The Hall–Kier alpha value is -1.00. The summed E-state index contributed by atoms with van der Waals surface area (Å²) < 4.78 is 25.0. The minimum absolute atomic E-state index is 0.128. The Balaban J connectivity index is 1.87. The van der Waals surface area contributed by atoms with Crippen molar-refractivity contribution in [2.75, 3.05) is 32.7 Å². The highest BCUT2D eigenvalue weighted by molar-refractivity contribution is 5.24. The zero-order valence-electron chi connectivity index (χ0n) is 9.83. The molecule has 4 heteroatoms. The van der Waals surface area contributed by atoms with Crippen LogP contribution in [-0.4, -0.2) is 37.6 Å². The van der Waals surface area contributed by atoms with Gasteiger partial charge in [0, 0.05) is 38.3 Å². The molecule has 0 aliphatic carbocycles. The predicted octanol–water partition coefficient (Wildman–Crippen LogP) is 2.07. The van der Waals surface area contributed by atoms with Crippen LogP contribution in [0.3, 0.4) is 0 Å². The van der Waals surface area contributed by atoms with Crippen molar-refractivity contribution in [3.63, 3.8) is 0 Å². The molecule has 1 N–H and O–H groups in total. The second kappa shape index (κ2) is 6.07. The number of nitrogens with one attached hydrogen (secondary N) is 1. The van der Waals surface area contributed by atoms with E-state index in [1.54, 1.807) is 12.1 Å². The third-order valence-corrected chi connectivity index (χ3v) is 3.13. The molecule has 0 aromatic heterocycles. The Kier molecular flexibility index (Phi) is 4.45. The fraction of sp³-hybridized carbons (Fsp3) is 0.538. The lowest BCUT2D eigenvalue weighted by Crippen LogP contribution is -2.44. The van der Waals surface area contributed by atoms with Crippen LogP contribution in [0.5, 0.6) is 0 Å². The van der Waals surface area contributed by atoms with Crippen molar-refractivity contribution in [2.24, 2.45) is 0 Å². The first-order chi connectivity index (χ1) is 8.25. The normalized spacial score (nSPS) is 17.6. The molecule has 94 valence electrons. The zero-order chi connectivity index (χ0) is 12.1. The second-order valence-electron chi connectivity index (χ2n) is 4.39. The van der Waals surface area contributed by atoms with E-state index >= 15 is 0 Å². The average molecular weight is 240 g/mol. The maximum atomic E-state index is 12.5. The molecule has 1 aromatic rings. The molecular weight excluding hydrogens is 222 g/mol. The minimum atomic E-state index is -2.37. The van der Waals surface area contributed by atoms with Gasteiger partial charge in [-0.2, -0.15) is 0 Å². The van der Waals surface area contributed by atoms with Crippen LogP contribution in [0, 0.1) is 0 Å². The maximum absolute atomic E-state index is 12.5. The van der Waals surface area contributed by atoms with Crippen molar-refractivity contribution in [2.45, 2.75) is 12.8 Å². The summed E-state index contributed by atoms with van der Waals surface area (Å²) >= 11 is 0. The van der Waals surface area contributed by atoms with Gasteiger partial charge in [-0.25, -0.2) is 8.78 Å². The van der Waals surface area contributed by atoms with Gasteiger partial charge in [0.2, 0.25) is 0 Å². The summed E-state index contributed by atoms with van der Waals surface area (Å²) in [4.78, 5) is 2.37. The highest BCUT2D eigenvalue weighted by atomic mass is 19.3. The molecule has 0 amide bonds. The highest BCUT2D eigenvalue weighted by Gasteiger charge is 2.10. The first-order valence-corrected chi connectivity index (χ1v) is 6.06. The molecule has 0 atom stereocenters. The summed E-state index contributed by atoms with van der Waals surface area (Å²) in [5, 5.41) is 3.30. The molecule has 1 saturated heterocycles. The number of nitrogens with zero attached hydrogens (tertiary/aromatic N) is 1. The van der Waals surface area contributed by atoms with Crippen LogP contribution in [-0.2, 0) is 6.42 Å². The van der Waals surface area contributed by atoms with Gasteiger partial charge in [0.1, 0.15) is 0 Å². The number of benzene rings is 1. The van der Waals surface area contributed by atoms with Gasteiger partial charge in [-0.1, -0.05) is 24.3 Å². The molecular formula is C13H18F2N2. The molecule has 0 bridgehead atoms. The molecule has 0 saturated carbocycles. The molecule has 1 aliphatic heterocycles. The zero-order valence-corrected chi connectivity index (χ0v) is 9.83. The predicted molar refractivity (Wildman–Crippen MR) is 64.4 cm³/mol. The summed E-state index contributed by atoms with van der Waals surface area (Å²) in [6.45, 7) is 5.10. The van der Waals surface area contributed by atoms with Crippen molar-refractivity contribution < 1.29 is 8.78 Å². The van der Waals surface area contributed by atoms with E-state index in [1.807, 2.05) is 6.07 Å². The van der Waals surface area contributed by atoms with Gasteiger partial charge in [0.15, 0.2) is 0 Å². The van der Waals surface area contributed by atoms with E-state index in [4.69, 9.17) is 0 Å². The third-order valence-electron chi connectivity index (χ3n) is 3.13. The number of rotatable bonds is 4. The fourth-order valence-electron chi connectivity index (χ4n) is 2.11. The van der Waals surface area contributed by atoms with Crippen molar-refractivity contribution in [3.05, 3.63) is 35.4 Å². The van der Waals surface area contributed by atoms with E-state index in [-0.39, 0.29) is 5.56 Å². The van der Waals surface area contributed by atoms with Gasteiger partial charge in [-0.15, -0.1) is 0 Å². The summed E-state index contributed by atoms with van der Waals surface area (Å²) in [6.07, 6.45) is -1.52. The van der Waals surface area contributed by atoms with Crippen LogP contribution in [0.2, 0.25) is 0 Å². The Morgan fingerprint density at radius 1 is 1.24 bits per heavy atom. The summed E-state index contributed by atoms with van der Waals surface area (Å²) in [6, 6.07) is 6.74. The Bertz CT molecular complexity index is 349. The molecule has 17 heavy (non-hydrogen) atoms. The van der Waals surface area contributed by atoms with Gasteiger partial charge in [0.05, 0.1) is 0 Å². The van der Waals surface area contributed by atoms with Gasteiger partial charge in [-0.3, -0.25) is 0 Å². The lowest BCUT2D eigenvalue weighted by atomic mass is 10.1. The van der Waals surface area contributed by atoms with Crippen molar-refractivity contribution >= 4 is 0 Å². The average Bonchev–Trinajstić information content (AvgIpc) is 2.38. The largest absolute Gasteiger partial charge is 0.314 e. The van der Waals surface area contributed by atoms with E-state index in [0.717, 1.165) is 44.7 Å². The third kappa shape index (κ3) is 3.75. The smallest absolute Gasteiger partial charge is 0.263 e. The summed E-state index contributed by atoms with van der Waals surface area (Å²) in [5.41, 5.74) is 1.13. The Morgan fingerprint density at radius 3 is 2.71 bits per heavy atom. The number of alkyl halides is 2. The van der Waals surface area contributed by atoms with Crippen LogP contribution < -0.4 is 5.32 Å². The van der Waals surface area contributed by atoms with Crippen LogP contribution in [0.4, 0.5) is 8.78 Å². The molecule has 1 aromatic carbocycles. The number of hydrogen-bond acceptors (Lipinski definition) is 2. The van der Waals surface area contributed by atoms with E-state index in [2.05, 4.69) is 10.2 Å². The van der Waals surface area contributed by atoms with Gasteiger partial charge in [0.25, 0.3) is 6.43 Å². The van der Waals surface area contributed by atoms with Crippen LogP contribution in [0.25, 0.3) is 0 Å². The van der Waals surface area contributed by atoms with Crippen LogP contribution in [0.15, 0.2) is 24.3 Å². The fourth-order valence-corrected chi connectivity index (χ4v) is 2.11.